The van der Waals surface area contributed by atoms with Crippen LogP contribution in [0.25, 0.3) is 0 Å². The van der Waals surface area contributed by atoms with E-state index in [2.05, 4.69) is 10.6 Å². The molecule has 4 nitrogen and oxygen atoms in total. The summed E-state index contributed by atoms with van der Waals surface area (Å²) < 4.78 is 0. The highest BCUT2D eigenvalue weighted by atomic mass is 35.5. The number of alkyl halides is 1. The van der Waals surface area contributed by atoms with Gasteiger partial charge in [0.1, 0.15) is 10.9 Å². The van der Waals surface area contributed by atoms with Gasteiger partial charge in [-0.05, 0) is 25.7 Å². The smallest absolute Gasteiger partial charge is 0.245 e. The second-order valence-corrected chi connectivity index (χ2v) is 6.15. The molecule has 0 aliphatic heterocycles. The van der Waals surface area contributed by atoms with E-state index in [9.17, 15) is 9.59 Å². The SMILES string of the molecule is CC(C)CNC(=O)C1(NC(=O)C(C)Cl)CCCC1. The fraction of sp³-hybridized carbons (Fsp3) is 0.846. The summed E-state index contributed by atoms with van der Waals surface area (Å²) in [5.74, 6) is 0.0627. The third kappa shape index (κ3) is 3.87. The summed E-state index contributed by atoms with van der Waals surface area (Å²) in [7, 11) is 0. The summed E-state index contributed by atoms with van der Waals surface area (Å²) in [5, 5.41) is 5.13. The molecule has 0 aromatic rings. The first-order chi connectivity index (χ1) is 8.37. The summed E-state index contributed by atoms with van der Waals surface area (Å²) in [6, 6.07) is 0. The van der Waals surface area contributed by atoms with Crippen LogP contribution in [-0.4, -0.2) is 29.3 Å². The van der Waals surface area contributed by atoms with Gasteiger partial charge in [-0.2, -0.15) is 0 Å². The highest BCUT2D eigenvalue weighted by Crippen LogP contribution is 2.30. The summed E-state index contributed by atoms with van der Waals surface area (Å²) in [6.07, 6.45) is 3.33. The first kappa shape index (κ1) is 15.3. The van der Waals surface area contributed by atoms with Gasteiger partial charge in [0, 0.05) is 6.54 Å². The van der Waals surface area contributed by atoms with Crippen LogP contribution in [0.15, 0.2) is 0 Å². The van der Waals surface area contributed by atoms with Crippen molar-refractivity contribution in [1.29, 1.82) is 0 Å². The van der Waals surface area contributed by atoms with Crippen LogP contribution in [0.5, 0.6) is 0 Å². The zero-order chi connectivity index (χ0) is 13.8. The van der Waals surface area contributed by atoms with Crippen molar-refractivity contribution in [3.8, 4) is 0 Å². The predicted molar refractivity (Wildman–Crippen MR) is 72.5 cm³/mol. The molecule has 0 spiro atoms. The standard InChI is InChI=1S/C13H23ClN2O2/c1-9(2)8-15-12(18)13(6-4-5-7-13)16-11(17)10(3)14/h9-10H,4-8H2,1-3H3,(H,15,18)(H,16,17). The Morgan fingerprint density at radius 3 is 2.22 bits per heavy atom. The van der Waals surface area contributed by atoms with Crippen LogP contribution in [-0.2, 0) is 9.59 Å². The quantitative estimate of drug-likeness (QED) is 0.752. The van der Waals surface area contributed by atoms with E-state index in [0.717, 1.165) is 12.8 Å². The van der Waals surface area contributed by atoms with Crippen molar-refractivity contribution < 1.29 is 9.59 Å². The van der Waals surface area contributed by atoms with Gasteiger partial charge < -0.3 is 10.6 Å². The second kappa shape index (κ2) is 6.41. The number of halogens is 1. The Morgan fingerprint density at radius 2 is 1.78 bits per heavy atom. The van der Waals surface area contributed by atoms with Gasteiger partial charge in [0.2, 0.25) is 11.8 Å². The maximum absolute atomic E-state index is 12.3. The van der Waals surface area contributed by atoms with Gasteiger partial charge in [-0.15, -0.1) is 11.6 Å². The van der Waals surface area contributed by atoms with Crippen LogP contribution in [0.2, 0.25) is 0 Å². The molecule has 104 valence electrons. The van der Waals surface area contributed by atoms with E-state index < -0.39 is 10.9 Å². The average molecular weight is 275 g/mol. The van der Waals surface area contributed by atoms with Crippen LogP contribution in [0.3, 0.4) is 0 Å². The molecule has 1 atom stereocenters. The number of rotatable bonds is 5. The highest BCUT2D eigenvalue weighted by molar-refractivity contribution is 6.30. The lowest BCUT2D eigenvalue weighted by atomic mass is 9.95. The minimum Gasteiger partial charge on any atom is -0.354 e. The van der Waals surface area contributed by atoms with Gasteiger partial charge in [-0.25, -0.2) is 0 Å². The molecule has 0 bridgehead atoms. The van der Waals surface area contributed by atoms with Gasteiger partial charge in [0.25, 0.3) is 0 Å². The second-order valence-electron chi connectivity index (χ2n) is 5.50. The van der Waals surface area contributed by atoms with E-state index >= 15 is 0 Å². The monoisotopic (exact) mass is 274 g/mol. The zero-order valence-electron chi connectivity index (χ0n) is 11.4. The van der Waals surface area contributed by atoms with Crippen LogP contribution < -0.4 is 10.6 Å². The Kier molecular flexibility index (Phi) is 5.45. The molecule has 0 radical (unpaired) electrons. The summed E-state index contributed by atoms with van der Waals surface area (Å²) in [5.41, 5.74) is -0.741. The van der Waals surface area contributed by atoms with Gasteiger partial charge in [0.15, 0.2) is 0 Å². The molecule has 5 heteroatoms. The lowest BCUT2D eigenvalue weighted by Crippen LogP contribution is -2.58. The summed E-state index contributed by atoms with van der Waals surface area (Å²) in [6.45, 7) is 6.33. The highest BCUT2D eigenvalue weighted by Gasteiger charge is 2.42. The molecule has 2 amide bonds. The van der Waals surface area contributed by atoms with Crippen LogP contribution in [0.1, 0.15) is 46.5 Å². The summed E-state index contributed by atoms with van der Waals surface area (Å²) >= 11 is 5.76. The minimum absolute atomic E-state index is 0.0700. The molecule has 1 aliphatic carbocycles. The molecule has 2 N–H and O–H groups in total. The van der Waals surface area contributed by atoms with Gasteiger partial charge in [-0.1, -0.05) is 26.7 Å². The molecular formula is C13H23ClN2O2. The molecule has 0 heterocycles. The van der Waals surface area contributed by atoms with Crippen molar-refractivity contribution in [3.63, 3.8) is 0 Å². The molecule has 0 aromatic heterocycles. The maximum atomic E-state index is 12.3. The van der Waals surface area contributed by atoms with E-state index in [1.807, 2.05) is 13.8 Å². The first-order valence-electron chi connectivity index (χ1n) is 6.62. The minimum atomic E-state index is -0.741. The van der Waals surface area contributed by atoms with Crippen molar-refractivity contribution in [2.45, 2.75) is 57.4 Å². The molecular weight excluding hydrogens is 252 g/mol. The van der Waals surface area contributed by atoms with Crippen molar-refractivity contribution >= 4 is 23.4 Å². The molecule has 1 unspecified atom stereocenters. The largest absolute Gasteiger partial charge is 0.354 e. The Morgan fingerprint density at radius 1 is 1.22 bits per heavy atom. The Bertz CT molecular complexity index is 310. The van der Waals surface area contributed by atoms with Crippen molar-refractivity contribution in [3.05, 3.63) is 0 Å². The van der Waals surface area contributed by atoms with E-state index in [1.165, 1.54) is 0 Å². The molecule has 0 aromatic carbocycles. The van der Waals surface area contributed by atoms with Crippen molar-refractivity contribution in [2.24, 2.45) is 5.92 Å². The number of hydrogen-bond acceptors (Lipinski definition) is 2. The third-order valence-electron chi connectivity index (χ3n) is 3.29. The van der Waals surface area contributed by atoms with E-state index in [4.69, 9.17) is 11.6 Å². The zero-order valence-corrected chi connectivity index (χ0v) is 12.1. The third-order valence-corrected chi connectivity index (χ3v) is 3.48. The Labute approximate surface area is 114 Å². The van der Waals surface area contributed by atoms with Gasteiger partial charge in [-0.3, -0.25) is 9.59 Å². The van der Waals surface area contributed by atoms with E-state index in [0.29, 0.717) is 25.3 Å². The number of nitrogens with one attached hydrogen (secondary N) is 2. The van der Waals surface area contributed by atoms with E-state index in [1.54, 1.807) is 6.92 Å². The van der Waals surface area contributed by atoms with E-state index in [-0.39, 0.29) is 11.8 Å². The van der Waals surface area contributed by atoms with Crippen molar-refractivity contribution in [1.82, 2.24) is 10.6 Å². The van der Waals surface area contributed by atoms with Crippen LogP contribution in [0.4, 0.5) is 0 Å². The molecule has 1 aliphatic rings. The lowest BCUT2D eigenvalue weighted by Gasteiger charge is -2.30. The predicted octanol–water partition coefficient (Wildman–Crippen LogP) is 1.81. The fourth-order valence-corrected chi connectivity index (χ4v) is 2.24. The number of amides is 2. The fourth-order valence-electron chi connectivity index (χ4n) is 2.19. The maximum Gasteiger partial charge on any atom is 0.245 e. The molecule has 18 heavy (non-hydrogen) atoms. The molecule has 1 rings (SSSR count). The molecule has 1 fully saturated rings. The average Bonchev–Trinajstić information content (AvgIpc) is 2.75. The molecule has 1 saturated carbocycles. The van der Waals surface area contributed by atoms with Crippen molar-refractivity contribution in [2.75, 3.05) is 6.54 Å². The van der Waals surface area contributed by atoms with Crippen LogP contribution in [0, 0.1) is 5.92 Å². The number of carbonyl (C=O) groups excluding carboxylic acids is 2. The first-order valence-corrected chi connectivity index (χ1v) is 7.05. The van der Waals surface area contributed by atoms with Crippen LogP contribution >= 0.6 is 11.6 Å². The number of carbonyl (C=O) groups is 2. The lowest BCUT2D eigenvalue weighted by molar-refractivity contribution is -0.133. The number of hydrogen-bond donors (Lipinski definition) is 2. The molecule has 0 saturated heterocycles. The van der Waals surface area contributed by atoms with Gasteiger partial charge >= 0.3 is 0 Å². The topological polar surface area (TPSA) is 58.2 Å². The Hall–Kier alpha value is -0.770. The normalized spacial score (nSPS) is 19.6. The van der Waals surface area contributed by atoms with Gasteiger partial charge in [0.05, 0.1) is 0 Å². The summed E-state index contributed by atoms with van der Waals surface area (Å²) in [4.78, 5) is 24.0. The Balaban J connectivity index is 2.68.